The SMILES string of the molecule is O=C(Cc1ccc(F)cc1)c1cnc(N(Cc2ccc(B(O)O)cn2)Cc2ccco2)nc1. The lowest BCUT2D eigenvalue weighted by molar-refractivity contribution is 0.0992. The standard InChI is InChI=1S/C23H20BFN4O4/c25-19-6-3-16(4-7-19)10-22(30)17-11-27-23(28-12-17)29(15-21-2-1-9-33-21)14-20-8-5-18(13-26-20)24(31)32/h1-9,11-13,31-32H,10,14-15H2. The minimum atomic E-state index is -1.59. The number of aromatic nitrogens is 3. The Labute approximate surface area is 189 Å². The Bertz CT molecular complexity index is 1180. The Balaban J connectivity index is 1.51. The fourth-order valence-electron chi connectivity index (χ4n) is 3.18. The molecule has 0 fully saturated rings. The predicted molar refractivity (Wildman–Crippen MR) is 119 cm³/mol. The van der Waals surface area contributed by atoms with E-state index in [2.05, 4.69) is 15.0 Å². The lowest BCUT2D eigenvalue weighted by Crippen LogP contribution is -2.31. The van der Waals surface area contributed by atoms with Crippen LogP contribution in [0, 0.1) is 5.82 Å². The summed E-state index contributed by atoms with van der Waals surface area (Å²) < 4.78 is 18.5. The van der Waals surface area contributed by atoms with E-state index in [4.69, 9.17) is 4.42 Å². The summed E-state index contributed by atoms with van der Waals surface area (Å²) in [5.41, 5.74) is 2.00. The van der Waals surface area contributed by atoms with Gasteiger partial charge in [0, 0.05) is 30.5 Å². The second-order valence-electron chi connectivity index (χ2n) is 7.39. The number of hydrogen-bond donors (Lipinski definition) is 2. The first kappa shape index (κ1) is 22.3. The first-order chi connectivity index (χ1) is 16.0. The number of halogens is 1. The molecule has 10 heteroatoms. The Kier molecular flexibility index (Phi) is 6.87. The van der Waals surface area contributed by atoms with Crippen molar-refractivity contribution in [3.05, 3.63) is 102 Å². The molecule has 8 nitrogen and oxygen atoms in total. The van der Waals surface area contributed by atoms with Crippen molar-refractivity contribution in [1.82, 2.24) is 15.0 Å². The van der Waals surface area contributed by atoms with Crippen molar-refractivity contribution in [3.63, 3.8) is 0 Å². The van der Waals surface area contributed by atoms with Crippen LogP contribution in [0.3, 0.4) is 0 Å². The first-order valence-corrected chi connectivity index (χ1v) is 10.2. The van der Waals surface area contributed by atoms with E-state index in [1.54, 1.807) is 36.6 Å². The maximum Gasteiger partial charge on any atom is 0.490 e. The molecule has 3 aromatic heterocycles. The van der Waals surface area contributed by atoms with Crippen LogP contribution < -0.4 is 10.4 Å². The number of Topliss-reactive ketones (excluding diaryl/α,β-unsaturated/α-hetero) is 1. The van der Waals surface area contributed by atoms with E-state index in [1.165, 1.54) is 30.7 Å². The van der Waals surface area contributed by atoms with E-state index in [1.807, 2.05) is 11.0 Å². The van der Waals surface area contributed by atoms with E-state index >= 15 is 0 Å². The summed E-state index contributed by atoms with van der Waals surface area (Å²) >= 11 is 0. The molecule has 0 amide bonds. The van der Waals surface area contributed by atoms with Crippen molar-refractivity contribution in [1.29, 1.82) is 0 Å². The average Bonchev–Trinajstić information content (AvgIpc) is 3.34. The molecule has 4 aromatic rings. The molecule has 0 radical (unpaired) electrons. The van der Waals surface area contributed by atoms with Crippen LogP contribution in [0.15, 0.2) is 77.8 Å². The lowest BCUT2D eigenvalue weighted by atomic mass is 9.82. The fraction of sp³-hybridized carbons (Fsp3) is 0.130. The quantitative estimate of drug-likeness (QED) is 0.296. The van der Waals surface area contributed by atoms with Crippen LogP contribution in [-0.2, 0) is 19.5 Å². The molecule has 0 atom stereocenters. The van der Waals surface area contributed by atoms with Gasteiger partial charge in [0.2, 0.25) is 5.95 Å². The highest BCUT2D eigenvalue weighted by molar-refractivity contribution is 6.58. The molecule has 0 saturated carbocycles. The van der Waals surface area contributed by atoms with Crippen molar-refractivity contribution in [2.45, 2.75) is 19.5 Å². The molecule has 1 aromatic carbocycles. The number of hydrogen-bond acceptors (Lipinski definition) is 8. The van der Waals surface area contributed by atoms with E-state index in [-0.39, 0.29) is 23.5 Å². The van der Waals surface area contributed by atoms with Gasteiger partial charge in [0.25, 0.3) is 0 Å². The molecular formula is C23H20BFN4O4. The first-order valence-electron chi connectivity index (χ1n) is 10.2. The summed E-state index contributed by atoms with van der Waals surface area (Å²) in [5.74, 6) is 0.535. The Morgan fingerprint density at radius 3 is 2.33 bits per heavy atom. The molecule has 0 aliphatic rings. The van der Waals surface area contributed by atoms with Crippen LogP contribution in [0.1, 0.15) is 27.4 Å². The third kappa shape index (κ3) is 5.88. The van der Waals surface area contributed by atoms with Crippen molar-refractivity contribution >= 4 is 24.3 Å². The molecule has 3 heterocycles. The van der Waals surface area contributed by atoms with Gasteiger partial charge < -0.3 is 19.4 Å². The minimum Gasteiger partial charge on any atom is -0.467 e. The van der Waals surface area contributed by atoms with Crippen LogP contribution >= 0.6 is 0 Å². The zero-order valence-electron chi connectivity index (χ0n) is 17.5. The molecule has 2 N–H and O–H groups in total. The zero-order chi connectivity index (χ0) is 23.2. The minimum absolute atomic E-state index is 0.117. The van der Waals surface area contributed by atoms with Gasteiger partial charge >= 0.3 is 7.12 Å². The third-order valence-electron chi connectivity index (χ3n) is 4.95. The van der Waals surface area contributed by atoms with Crippen LogP contribution in [-0.4, -0.2) is 37.9 Å². The monoisotopic (exact) mass is 446 g/mol. The molecule has 4 rings (SSSR count). The molecule has 0 aliphatic heterocycles. The molecule has 0 unspecified atom stereocenters. The second-order valence-corrected chi connectivity index (χ2v) is 7.39. The molecule has 33 heavy (non-hydrogen) atoms. The molecule has 0 saturated heterocycles. The Morgan fingerprint density at radius 2 is 1.73 bits per heavy atom. The van der Waals surface area contributed by atoms with Gasteiger partial charge in [0.1, 0.15) is 11.6 Å². The average molecular weight is 446 g/mol. The van der Waals surface area contributed by atoms with E-state index < -0.39 is 7.12 Å². The van der Waals surface area contributed by atoms with E-state index in [0.717, 1.165) is 0 Å². The van der Waals surface area contributed by atoms with Crippen molar-refractivity contribution in [3.8, 4) is 0 Å². The van der Waals surface area contributed by atoms with Crippen molar-refractivity contribution in [2.75, 3.05) is 4.90 Å². The summed E-state index contributed by atoms with van der Waals surface area (Å²) in [6.45, 7) is 0.688. The number of carbonyl (C=O) groups excluding carboxylic acids is 1. The fourth-order valence-corrected chi connectivity index (χ4v) is 3.18. The lowest BCUT2D eigenvalue weighted by Gasteiger charge is -2.21. The van der Waals surface area contributed by atoms with E-state index in [9.17, 15) is 19.2 Å². The summed E-state index contributed by atoms with van der Waals surface area (Å²) in [6, 6.07) is 12.6. The van der Waals surface area contributed by atoms with Gasteiger partial charge in [-0.05, 0) is 35.9 Å². The normalized spacial score (nSPS) is 10.8. The van der Waals surface area contributed by atoms with Gasteiger partial charge in [-0.25, -0.2) is 14.4 Å². The van der Waals surface area contributed by atoms with Crippen LogP contribution in [0.4, 0.5) is 10.3 Å². The number of rotatable bonds is 9. The van der Waals surface area contributed by atoms with Gasteiger partial charge in [0.15, 0.2) is 5.78 Å². The summed E-state index contributed by atoms with van der Waals surface area (Å²) in [6.07, 6.45) is 6.00. The maximum atomic E-state index is 13.1. The largest absolute Gasteiger partial charge is 0.490 e. The van der Waals surface area contributed by atoms with Crippen LogP contribution in [0.5, 0.6) is 0 Å². The molecule has 0 aliphatic carbocycles. The van der Waals surface area contributed by atoms with Gasteiger partial charge in [-0.3, -0.25) is 9.78 Å². The summed E-state index contributed by atoms with van der Waals surface area (Å²) in [4.78, 5) is 27.4. The highest BCUT2D eigenvalue weighted by Gasteiger charge is 2.17. The molecule has 0 spiro atoms. The number of ketones is 1. The smallest absolute Gasteiger partial charge is 0.467 e. The number of furan rings is 1. The van der Waals surface area contributed by atoms with Crippen molar-refractivity contribution in [2.24, 2.45) is 0 Å². The summed E-state index contributed by atoms with van der Waals surface area (Å²) in [7, 11) is -1.59. The van der Waals surface area contributed by atoms with E-state index in [0.29, 0.717) is 41.6 Å². The third-order valence-corrected chi connectivity index (χ3v) is 4.95. The second kappa shape index (κ2) is 10.2. The maximum absolute atomic E-state index is 13.1. The number of carbonyl (C=O) groups is 1. The van der Waals surface area contributed by atoms with Crippen LogP contribution in [0.2, 0.25) is 0 Å². The number of benzene rings is 1. The number of nitrogens with zero attached hydrogens (tertiary/aromatic N) is 4. The van der Waals surface area contributed by atoms with Gasteiger partial charge in [0.05, 0.1) is 30.6 Å². The number of pyridine rings is 1. The highest BCUT2D eigenvalue weighted by Crippen LogP contribution is 2.16. The predicted octanol–water partition coefficient (Wildman–Crippen LogP) is 1.92. The van der Waals surface area contributed by atoms with Gasteiger partial charge in [-0.2, -0.15) is 0 Å². The summed E-state index contributed by atoms with van der Waals surface area (Å²) in [5, 5.41) is 18.5. The molecule has 166 valence electrons. The van der Waals surface area contributed by atoms with Crippen molar-refractivity contribution < 1.29 is 23.7 Å². The molecular weight excluding hydrogens is 426 g/mol. The van der Waals surface area contributed by atoms with Crippen LogP contribution in [0.25, 0.3) is 0 Å². The topological polar surface area (TPSA) is 113 Å². The Hall–Kier alpha value is -3.89. The Morgan fingerprint density at radius 1 is 0.970 bits per heavy atom. The molecule has 0 bridgehead atoms. The number of anilines is 1. The highest BCUT2D eigenvalue weighted by atomic mass is 19.1. The van der Waals surface area contributed by atoms with Gasteiger partial charge in [-0.15, -0.1) is 0 Å². The zero-order valence-corrected chi connectivity index (χ0v) is 17.5. The van der Waals surface area contributed by atoms with Gasteiger partial charge in [-0.1, -0.05) is 18.2 Å².